The highest BCUT2D eigenvalue weighted by atomic mass is 14.9. The fourth-order valence-corrected chi connectivity index (χ4v) is 1.77. The number of nitrogens with one attached hydrogen (secondary N) is 1. The maximum absolute atomic E-state index is 8.67. The molecule has 2 rings (SSSR count). The second-order valence-corrected chi connectivity index (χ2v) is 3.44. The van der Waals surface area contributed by atoms with Crippen LogP contribution in [-0.2, 0) is 0 Å². The molecule has 72 valence electrons. The van der Waals surface area contributed by atoms with E-state index in [2.05, 4.69) is 15.3 Å². The van der Waals surface area contributed by atoms with Crippen LogP contribution in [0, 0.1) is 11.3 Å². The third kappa shape index (κ3) is 1.88. The van der Waals surface area contributed by atoms with Crippen molar-refractivity contribution in [1.29, 1.82) is 5.26 Å². The molecule has 1 aromatic rings. The number of hydrogen-bond acceptors (Lipinski definition) is 4. The minimum Gasteiger partial charge on any atom is -0.317 e. The lowest BCUT2D eigenvalue weighted by Gasteiger charge is -2.21. The molecule has 0 aliphatic carbocycles. The summed E-state index contributed by atoms with van der Waals surface area (Å²) in [5.41, 5.74) is 1.01. The lowest BCUT2D eigenvalue weighted by atomic mass is 9.94. The molecule has 0 saturated carbocycles. The van der Waals surface area contributed by atoms with Crippen LogP contribution in [0.3, 0.4) is 0 Å². The zero-order valence-electron chi connectivity index (χ0n) is 7.90. The van der Waals surface area contributed by atoms with Gasteiger partial charge in [0.05, 0.1) is 0 Å². The Morgan fingerprint density at radius 2 is 2.21 bits per heavy atom. The maximum atomic E-state index is 8.67. The zero-order chi connectivity index (χ0) is 9.80. The normalized spacial score (nSPS) is 17.6. The van der Waals surface area contributed by atoms with E-state index < -0.39 is 0 Å². The molecule has 1 fully saturated rings. The van der Waals surface area contributed by atoms with E-state index in [0.29, 0.717) is 5.92 Å². The van der Waals surface area contributed by atoms with Crippen LogP contribution >= 0.6 is 0 Å². The van der Waals surface area contributed by atoms with Crippen LogP contribution in [-0.4, -0.2) is 23.1 Å². The first-order chi connectivity index (χ1) is 6.90. The molecule has 0 spiro atoms. The molecule has 14 heavy (non-hydrogen) atoms. The van der Waals surface area contributed by atoms with Crippen LogP contribution in [0.25, 0.3) is 0 Å². The summed E-state index contributed by atoms with van der Waals surface area (Å²) in [6.07, 6.45) is 3.87. The summed E-state index contributed by atoms with van der Waals surface area (Å²) < 4.78 is 0. The van der Waals surface area contributed by atoms with Crippen molar-refractivity contribution in [3.63, 3.8) is 0 Å². The summed E-state index contributed by atoms with van der Waals surface area (Å²) >= 11 is 0. The summed E-state index contributed by atoms with van der Waals surface area (Å²) in [6, 6.07) is 3.88. The van der Waals surface area contributed by atoms with Gasteiger partial charge < -0.3 is 5.32 Å². The van der Waals surface area contributed by atoms with Crippen LogP contribution in [0.4, 0.5) is 0 Å². The van der Waals surface area contributed by atoms with Gasteiger partial charge in [0, 0.05) is 17.8 Å². The van der Waals surface area contributed by atoms with Crippen LogP contribution in [0.5, 0.6) is 0 Å². The van der Waals surface area contributed by atoms with Crippen LogP contribution in [0.2, 0.25) is 0 Å². The summed E-state index contributed by atoms with van der Waals surface area (Å²) in [7, 11) is 0. The van der Waals surface area contributed by atoms with Crippen LogP contribution in [0.1, 0.15) is 30.3 Å². The van der Waals surface area contributed by atoms with E-state index in [-0.39, 0.29) is 5.82 Å². The molecule has 0 aromatic carbocycles. The summed E-state index contributed by atoms with van der Waals surface area (Å²) in [4.78, 5) is 8.08. The first kappa shape index (κ1) is 9.10. The van der Waals surface area contributed by atoms with Gasteiger partial charge in [-0.3, -0.25) is 0 Å². The lowest BCUT2D eigenvalue weighted by Crippen LogP contribution is -2.27. The quantitative estimate of drug-likeness (QED) is 0.708. The topological polar surface area (TPSA) is 61.6 Å². The molecular weight excluding hydrogens is 176 g/mol. The van der Waals surface area contributed by atoms with Gasteiger partial charge in [-0.15, -0.1) is 0 Å². The number of rotatable bonds is 1. The minimum absolute atomic E-state index is 0.279. The molecular formula is C10H12N4. The molecule has 0 bridgehead atoms. The molecule has 0 atom stereocenters. The van der Waals surface area contributed by atoms with Crippen LogP contribution in [0.15, 0.2) is 12.3 Å². The molecule has 4 heteroatoms. The molecule has 0 radical (unpaired) electrons. The van der Waals surface area contributed by atoms with Crippen LogP contribution < -0.4 is 5.32 Å². The van der Waals surface area contributed by atoms with Gasteiger partial charge in [-0.2, -0.15) is 5.26 Å². The number of nitriles is 1. The van der Waals surface area contributed by atoms with Gasteiger partial charge in [-0.05, 0) is 32.0 Å². The molecule has 1 aromatic heterocycles. The van der Waals surface area contributed by atoms with Gasteiger partial charge in [0.25, 0.3) is 0 Å². The highest BCUT2D eigenvalue weighted by Crippen LogP contribution is 2.22. The number of piperidine rings is 1. The van der Waals surface area contributed by atoms with Crippen molar-refractivity contribution < 1.29 is 0 Å². The summed E-state index contributed by atoms with van der Waals surface area (Å²) in [5, 5.41) is 12.0. The highest BCUT2D eigenvalue weighted by molar-refractivity contribution is 5.16. The zero-order valence-corrected chi connectivity index (χ0v) is 7.90. The van der Waals surface area contributed by atoms with Gasteiger partial charge in [-0.25, -0.2) is 9.97 Å². The van der Waals surface area contributed by atoms with Gasteiger partial charge in [0.15, 0.2) is 0 Å². The summed E-state index contributed by atoms with van der Waals surface area (Å²) in [5.74, 6) is 0.771. The van der Waals surface area contributed by atoms with Gasteiger partial charge in [-0.1, -0.05) is 0 Å². The van der Waals surface area contributed by atoms with Crippen molar-refractivity contribution in [2.24, 2.45) is 0 Å². The van der Waals surface area contributed by atoms with E-state index in [4.69, 9.17) is 5.26 Å². The largest absolute Gasteiger partial charge is 0.317 e. The van der Waals surface area contributed by atoms with Gasteiger partial charge in [0.1, 0.15) is 6.07 Å². The average Bonchev–Trinajstić information content (AvgIpc) is 2.30. The van der Waals surface area contributed by atoms with Crippen molar-refractivity contribution >= 4 is 0 Å². The van der Waals surface area contributed by atoms with Crippen molar-refractivity contribution in [1.82, 2.24) is 15.3 Å². The van der Waals surface area contributed by atoms with Crippen molar-refractivity contribution in [2.45, 2.75) is 18.8 Å². The smallest absolute Gasteiger partial charge is 0.232 e. The third-order valence-corrected chi connectivity index (χ3v) is 2.53. The highest BCUT2D eigenvalue weighted by Gasteiger charge is 2.16. The molecule has 0 unspecified atom stereocenters. The SMILES string of the molecule is N#Cc1nccc(C2CCNCC2)n1. The van der Waals surface area contributed by atoms with Crippen molar-refractivity contribution in [2.75, 3.05) is 13.1 Å². The molecule has 1 aliphatic rings. The maximum Gasteiger partial charge on any atom is 0.232 e. The van der Waals surface area contributed by atoms with E-state index in [0.717, 1.165) is 31.6 Å². The third-order valence-electron chi connectivity index (χ3n) is 2.53. The fraction of sp³-hybridized carbons (Fsp3) is 0.500. The minimum atomic E-state index is 0.279. The van der Waals surface area contributed by atoms with E-state index >= 15 is 0 Å². The van der Waals surface area contributed by atoms with Gasteiger partial charge in [0.2, 0.25) is 5.82 Å². The Hall–Kier alpha value is -1.47. The number of aromatic nitrogens is 2. The Morgan fingerprint density at radius 1 is 1.43 bits per heavy atom. The Balaban J connectivity index is 2.18. The van der Waals surface area contributed by atoms with Crippen molar-refractivity contribution in [3.05, 3.63) is 23.8 Å². The number of nitrogens with zero attached hydrogens (tertiary/aromatic N) is 3. The standard InChI is InChI=1S/C10H12N4/c11-7-10-13-6-3-9(14-10)8-1-4-12-5-2-8/h3,6,8,12H,1-2,4-5H2. The second kappa shape index (κ2) is 4.16. The Morgan fingerprint density at radius 3 is 2.93 bits per heavy atom. The molecule has 0 amide bonds. The average molecular weight is 188 g/mol. The van der Waals surface area contributed by atoms with E-state index in [1.807, 2.05) is 12.1 Å². The second-order valence-electron chi connectivity index (χ2n) is 3.44. The van der Waals surface area contributed by atoms with Crippen molar-refractivity contribution in [3.8, 4) is 6.07 Å². The first-order valence-corrected chi connectivity index (χ1v) is 4.84. The molecule has 1 N–H and O–H groups in total. The molecule has 2 heterocycles. The Labute approximate surface area is 83.0 Å². The van der Waals surface area contributed by atoms with E-state index in [1.54, 1.807) is 6.20 Å². The fourth-order valence-electron chi connectivity index (χ4n) is 1.77. The number of hydrogen-bond donors (Lipinski definition) is 1. The predicted molar refractivity (Wildman–Crippen MR) is 51.6 cm³/mol. The molecule has 4 nitrogen and oxygen atoms in total. The van der Waals surface area contributed by atoms with E-state index in [1.165, 1.54) is 0 Å². The van der Waals surface area contributed by atoms with Gasteiger partial charge >= 0.3 is 0 Å². The van der Waals surface area contributed by atoms with E-state index in [9.17, 15) is 0 Å². The Bertz CT molecular complexity index is 349. The monoisotopic (exact) mass is 188 g/mol. The lowest BCUT2D eigenvalue weighted by molar-refractivity contribution is 0.452. The molecule has 1 aliphatic heterocycles. The first-order valence-electron chi connectivity index (χ1n) is 4.84. The predicted octanol–water partition coefficient (Wildman–Crippen LogP) is 0.815. The molecule has 1 saturated heterocycles. The summed E-state index contributed by atoms with van der Waals surface area (Å²) in [6.45, 7) is 2.08. The Kier molecular flexibility index (Phi) is 2.70.